The average Bonchev–Trinajstić information content (AvgIpc) is 2.87. The second-order valence-corrected chi connectivity index (χ2v) is 9.30. The van der Waals surface area contributed by atoms with Crippen LogP contribution in [0, 0.1) is 0 Å². The number of aromatic nitrogens is 1. The first-order chi connectivity index (χ1) is 11.7. The number of rotatable bonds is 3. The van der Waals surface area contributed by atoms with Gasteiger partial charge in [0.15, 0.2) is 9.84 Å². The zero-order chi connectivity index (χ0) is 18.4. The summed E-state index contributed by atoms with van der Waals surface area (Å²) >= 11 is 0. The summed E-state index contributed by atoms with van der Waals surface area (Å²) in [6, 6.07) is 2.75. The molecule has 138 valence electrons. The van der Waals surface area contributed by atoms with Crippen molar-refractivity contribution in [1.29, 1.82) is 0 Å². The highest BCUT2D eigenvalue weighted by Gasteiger charge is 2.47. The number of nitrogens with one attached hydrogen (secondary N) is 1. The van der Waals surface area contributed by atoms with Crippen molar-refractivity contribution in [1.82, 2.24) is 14.8 Å². The normalized spacial score (nSPS) is 26.0. The van der Waals surface area contributed by atoms with Gasteiger partial charge in [-0.3, -0.25) is 14.5 Å². The number of amides is 1. The molecule has 1 aromatic heterocycles. The van der Waals surface area contributed by atoms with Gasteiger partial charge in [-0.25, -0.2) is 8.42 Å². The number of likely N-dealkylation sites (N-methyl/N-ethyl adjacent to an activating group) is 1. The van der Waals surface area contributed by atoms with Gasteiger partial charge in [-0.15, -0.1) is 0 Å². The van der Waals surface area contributed by atoms with Crippen LogP contribution in [-0.4, -0.2) is 72.3 Å². The lowest BCUT2D eigenvalue weighted by Crippen LogP contribution is -2.60. The van der Waals surface area contributed by atoms with Crippen LogP contribution in [0.1, 0.15) is 42.7 Å². The van der Waals surface area contributed by atoms with Gasteiger partial charge in [0.25, 0.3) is 11.5 Å². The maximum atomic E-state index is 12.9. The minimum absolute atomic E-state index is 0.0259. The Kier molecular flexibility index (Phi) is 4.76. The first kappa shape index (κ1) is 18.1. The predicted octanol–water partition coefficient (Wildman–Crippen LogP) is 0.442. The summed E-state index contributed by atoms with van der Waals surface area (Å²) < 4.78 is 24.2. The van der Waals surface area contributed by atoms with Crippen molar-refractivity contribution in [3.05, 3.63) is 33.7 Å². The summed E-state index contributed by atoms with van der Waals surface area (Å²) in [6.45, 7) is 7.74. The molecule has 2 saturated heterocycles. The second kappa shape index (κ2) is 6.57. The van der Waals surface area contributed by atoms with Gasteiger partial charge in [0.1, 0.15) is 5.56 Å². The van der Waals surface area contributed by atoms with Gasteiger partial charge in [-0.05, 0) is 24.6 Å². The molecule has 0 bridgehead atoms. The Hall–Kier alpha value is -1.67. The van der Waals surface area contributed by atoms with E-state index in [4.69, 9.17) is 0 Å². The third kappa shape index (κ3) is 3.37. The number of hydrogen-bond acceptors (Lipinski definition) is 5. The predicted molar refractivity (Wildman–Crippen MR) is 95.7 cm³/mol. The molecule has 8 heteroatoms. The molecule has 2 fully saturated rings. The maximum Gasteiger partial charge on any atom is 0.261 e. The molecular weight excluding hydrogens is 342 g/mol. The molecular formula is C17H25N3O4S. The van der Waals surface area contributed by atoms with Gasteiger partial charge in [0.05, 0.1) is 17.5 Å². The number of carbonyl (C=O) groups excluding carboxylic acids is 1. The van der Waals surface area contributed by atoms with Crippen LogP contribution < -0.4 is 5.56 Å². The molecule has 0 radical (unpaired) electrons. The minimum Gasteiger partial charge on any atom is -0.332 e. The molecule has 3 heterocycles. The highest BCUT2D eigenvalue weighted by molar-refractivity contribution is 7.91. The first-order valence-corrected chi connectivity index (χ1v) is 10.5. The van der Waals surface area contributed by atoms with E-state index in [2.05, 4.69) is 9.88 Å². The lowest BCUT2D eigenvalue weighted by molar-refractivity contribution is 0.0348. The van der Waals surface area contributed by atoms with E-state index in [0.717, 1.165) is 12.2 Å². The van der Waals surface area contributed by atoms with Crippen molar-refractivity contribution in [2.75, 3.05) is 31.1 Å². The van der Waals surface area contributed by atoms with Gasteiger partial charge >= 0.3 is 0 Å². The van der Waals surface area contributed by atoms with E-state index in [9.17, 15) is 18.0 Å². The molecule has 0 aromatic carbocycles. The molecule has 0 aliphatic carbocycles. The van der Waals surface area contributed by atoms with Crippen molar-refractivity contribution in [3.63, 3.8) is 0 Å². The number of nitrogens with zero attached hydrogens (tertiary/aromatic N) is 2. The Morgan fingerprint density at radius 3 is 2.52 bits per heavy atom. The number of fused-ring (bicyclic) bond motifs is 1. The molecule has 7 nitrogen and oxygen atoms in total. The summed E-state index contributed by atoms with van der Waals surface area (Å²) in [5.41, 5.74) is 0.447. The number of pyridine rings is 1. The van der Waals surface area contributed by atoms with Crippen molar-refractivity contribution in [2.45, 2.75) is 38.8 Å². The summed E-state index contributed by atoms with van der Waals surface area (Å²) in [5.74, 6) is -0.159. The highest BCUT2D eigenvalue weighted by Crippen LogP contribution is 2.27. The van der Waals surface area contributed by atoms with E-state index in [-0.39, 0.29) is 41.0 Å². The summed E-state index contributed by atoms with van der Waals surface area (Å²) in [7, 11) is -3.17. The van der Waals surface area contributed by atoms with Crippen LogP contribution in [0.2, 0.25) is 0 Å². The summed E-state index contributed by atoms with van der Waals surface area (Å²) in [4.78, 5) is 31.7. The van der Waals surface area contributed by atoms with Crippen molar-refractivity contribution >= 4 is 15.7 Å². The molecule has 1 N–H and O–H groups in total. The Morgan fingerprint density at radius 2 is 1.92 bits per heavy atom. The number of aromatic amines is 1. The number of carbonyl (C=O) groups is 1. The molecule has 25 heavy (non-hydrogen) atoms. The number of hydrogen-bond donors (Lipinski definition) is 1. The Bertz CT molecular complexity index is 831. The van der Waals surface area contributed by atoms with Crippen LogP contribution in [0.25, 0.3) is 0 Å². The third-order valence-electron chi connectivity index (χ3n) is 5.24. The topological polar surface area (TPSA) is 90.6 Å². The minimum atomic E-state index is -3.17. The average molecular weight is 367 g/mol. The van der Waals surface area contributed by atoms with Crippen molar-refractivity contribution < 1.29 is 13.2 Å². The summed E-state index contributed by atoms with van der Waals surface area (Å²) in [5, 5.41) is 0. The van der Waals surface area contributed by atoms with E-state index in [0.29, 0.717) is 13.1 Å². The SMILES string of the molecule is CCN1CCN(C(=O)c2ccc(C(C)C)[nH]c2=O)[C@H]2CS(=O)(=O)C[C@H]21. The number of sulfone groups is 1. The lowest BCUT2D eigenvalue weighted by atomic mass is 10.0. The van der Waals surface area contributed by atoms with Gasteiger partial charge in [-0.2, -0.15) is 0 Å². The van der Waals surface area contributed by atoms with Crippen molar-refractivity contribution in [3.8, 4) is 0 Å². The molecule has 1 amide bonds. The van der Waals surface area contributed by atoms with Crippen LogP contribution in [0.5, 0.6) is 0 Å². The van der Waals surface area contributed by atoms with E-state index in [1.54, 1.807) is 17.0 Å². The largest absolute Gasteiger partial charge is 0.332 e. The molecule has 0 saturated carbocycles. The molecule has 1 aromatic rings. The second-order valence-electron chi connectivity index (χ2n) is 7.15. The molecule has 0 spiro atoms. The fraction of sp³-hybridized carbons (Fsp3) is 0.647. The van der Waals surface area contributed by atoms with E-state index in [1.807, 2.05) is 20.8 Å². The third-order valence-corrected chi connectivity index (χ3v) is 6.94. The maximum absolute atomic E-state index is 12.9. The van der Waals surface area contributed by atoms with Gasteiger partial charge in [-0.1, -0.05) is 20.8 Å². The fourth-order valence-electron chi connectivity index (χ4n) is 3.82. The van der Waals surface area contributed by atoms with E-state index < -0.39 is 15.4 Å². The monoisotopic (exact) mass is 367 g/mol. The van der Waals surface area contributed by atoms with Gasteiger partial charge in [0.2, 0.25) is 0 Å². The Labute approximate surface area is 147 Å². The quantitative estimate of drug-likeness (QED) is 0.837. The van der Waals surface area contributed by atoms with E-state index >= 15 is 0 Å². The number of piperazine rings is 1. The molecule has 2 aliphatic heterocycles. The van der Waals surface area contributed by atoms with Crippen LogP contribution in [0.15, 0.2) is 16.9 Å². The zero-order valence-electron chi connectivity index (χ0n) is 14.9. The molecule has 3 rings (SSSR count). The van der Waals surface area contributed by atoms with E-state index in [1.165, 1.54) is 0 Å². The molecule has 0 unspecified atom stereocenters. The molecule has 2 aliphatic rings. The first-order valence-electron chi connectivity index (χ1n) is 8.72. The van der Waals surface area contributed by atoms with Crippen LogP contribution in [0.3, 0.4) is 0 Å². The lowest BCUT2D eigenvalue weighted by Gasteiger charge is -2.43. The Balaban J connectivity index is 1.91. The van der Waals surface area contributed by atoms with Gasteiger partial charge < -0.3 is 9.88 Å². The highest BCUT2D eigenvalue weighted by atomic mass is 32.2. The smallest absolute Gasteiger partial charge is 0.261 e. The van der Waals surface area contributed by atoms with Crippen LogP contribution >= 0.6 is 0 Å². The van der Waals surface area contributed by atoms with Crippen molar-refractivity contribution in [2.24, 2.45) is 0 Å². The summed E-state index contributed by atoms with van der Waals surface area (Å²) in [6.07, 6.45) is 0. The number of H-pyrrole nitrogens is 1. The van der Waals surface area contributed by atoms with Gasteiger partial charge in [0, 0.05) is 24.8 Å². The Morgan fingerprint density at radius 1 is 1.24 bits per heavy atom. The van der Waals surface area contributed by atoms with Crippen LogP contribution in [0.4, 0.5) is 0 Å². The van der Waals surface area contributed by atoms with Crippen LogP contribution in [-0.2, 0) is 9.84 Å². The zero-order valence-corrected chi connectivity index (χ0v) is 15.7. The molecule has 2 atom stereocenters. The standard InChI is InChI=1S/C17H25N3O4S/c1-4-19-7-8-20(15-10-25(23,24)9-14(15)19)17(22)12-5-6-13(11(2)3)18-16(12)21/h5-6,11,14-15H,4,7-10H2,1-3H3,(H,18,21)/t14-,15+/m1/s1. The fourth-order valence-corrected chi connectivity index (χ4v) is 5.83.